The van der Waals surface area contributed by atoms with Gasteiger partial charge in [-0.1, -0.05) is 0 Å². The number of benzene rings is 2. The van der Waals surface area contributed by atoms with Crippen molar-refractivity contribution in [1.82, 2.24) is 9.21 Å². The normalized spacial score (nSPS) is 17.2. The van der Waals surface area contributed by atoms with Crippen LogP contribution in [0.5, 0.6) is 11.5 Å². The number of hydrogen-bond donors (Lipinski definition) is 0. The SMILES string of the molecule is O=C(c1ccc(F)cc1Br)N1CCN(S(=O)(=O)c2ccc3c(c2)OCCO3)CC1. The number of ether oxygens (including phenoxy) is 2. The molecule has 0 aromatic heterocycles. The van der Waals surface area contributed by atoms with Crippen molar-refractivity contribution in [1.29, 1.82) is 0 Å². The average Bonchev–Trinajstić information content (AvgIpc) is 2.73. The maximum atomic E-state index is 13.3. The summed E-state index contributed by atoms with van der Waals surface area (Å²) in [5.41, 5.74) is 0.342. The second kappa shape index (κ2) is 7.92. The predicted molar refractivity (Wildman–Crippen MR) is 106 cm³/mol. The molecular formula is C19H18BrFN2O5S. The van der Waals surface area contributed by atoms with E-state index in [1.165, 1.54) is 34.6 Å². The van der Waals surface area contributed by atoms with Gasteiger partial charge in [0.2, 0.25) is 10.0 Å². The fourth-order valence-corrected chi connectivity index (χ4v) is 5.26. The van der Waals surface area contributed by atoms with Crippen molar-refractivity contribution in [3.05, 3.63) is 52.3 Å². The summed E-state index contributed by atoms with van der Waals surface area (Å²) in [5, 5.41) is 0. The van der Waals surface area contributed by atoms with Crippen LogP contribution in [-0.4, -0.2) is 62.9 Å². The van der Waals surface area contributed by atoms with Gasteiger partial charge in [0.1, 0.15) is 19.0 Å². The van der Waals surface area contributed by atoms with Crippen LogP contribution in [0.1, 0.15) is 10.4 Å². The molecule has 1 saturated heterocycles. The maximum absolute atomic E-state index is 13.3. The molecule has 154 valence electrons. The van der Waals surface area contributed by atoms with E-state index in [4.69, 9.17) is 9.47 Å². The van der Waals surface area contributed by atoms with E-state index >= 15 is 0 Å². The second-order valence-electron chi connectivity index (χ2n) is 6.63. The first kappa shape index (κ1) is 20.1. The molecule has 2 aromatic carbocycles. The Morgan fingerprint density at radius 1 is 0.966 bits per heavy atom. The van der Waals surface area contributed by atoms with Crippen LogP contribution >= 0.6 is 15.9 Å². The molecule has 10 heteroatoms. The van der Waals surface area contributed by atoms with Gasteiger partial charge in [-0.2, -0.15) is 4.31 Å². The molecule has 0 unspecified atom stereocenters. The smallest absolute Gasteiger partial charge is 0.255 e. The van der Waals surface area contributed by atoms with Crippen molar-refractivity contribution >= 4 is 31.9 Å². The third-order valence-electron chi connectivity index (χ3n) is 4.84. The number of halogens is 2. The van der Waals surface area contributed by atoms with Gasteiger partial charge in [0.15, 0.2) is 11.5 Å². The summed E-state index contributed by atoms with van der Waals surface area (Å²) < 4.78 is 51.9. The van der Waals surface area contributed by atoms with Crippen LogP contribution in [0.4, 0.5) is 4.39 Å². The van der Waals surface area contributed by atoms with E-state index in [9.17, 15) is 17.6 Å². The highest BCUT2D eigenvalue weighted by Gasteiger charge is 2.31. The molecule has 1 fully saturated rings. The van der Waals surface area contributed by atoms with Crippen LogP contribution in [0.15, 0.2) is 45.8 Å². The number of fused-ring (bicyclic) bond motifs is 1. The number of carbonyl (C=O) groups excluding carboxylic acids is 1. The van der Waals surface area contributed by atoms with Crippen molar-refractivity contribution in [2.75, 3.05) is 39.4 Å². The van der Waals surface area contributed by atoms with Crippen molar-refractivity contribution in [2.24, 2.45) is 0 Å². The van der Waals surface area contributed by atoms with Crippen LogP contribution < -0.4 is 9.47 Å². The molecule has 2 heterocycles. The first-order valence-electron chi connectivity index (χ1n) is 9.00. The third kappa shape index (κ3) is 3.96. The Morgan fingerprint density at radius 2 is 1.66 bits per heavy atom. The van der Waals surface area contributed by atoms with E-state index in [0.717, 1.165) is 0 Å². The molecule has 4 rings (SSSR count). The Labute approximate surface area is 176 Å². The van der Waals surface area contributed by atoms with Crippen LogP contribution in [0.2, 0.25) is 0 Å². The van der Waals surface area contributed by atoms with Gasteiger partial charge in [-0.25, -0.2) is 12.8 Å². The van der Waals surface area contributed by atoms with Crippen LogP contribution in [-0.2, 0) is 10.0 Å². The number of hydrogen-bond acceptors (Lipinski definition) is 5. The monoisotopic (exact) mass is 484 g/mol. The van der Waals surface area contributed by atoms with Gasteiger partial charge in [-0.3, -0.25) is 4.79 Å². The third-order valence-corrected chi connectivity index (χ3v) is 7.39. The molecule has 2 aliphatic heterocycles. The lowest BCUT2D eigenvalue weighted by Gasteiger charge is -2.34. The molecule has 0 aliphatic carbocycles. The first-order valence-corrected chi connectivity index (χ1v) is 11.2. The number of rotatable bonds is 3. The summed E-state index contributed by atoms with van der Waals surface area (Å²) >= 11 is 3.20. The summed E-state index contributed by atoms with van der Waals surface area (Å²) in [6.07, 6.45) is 0. The Bertz CT molecular complexity index is 1050. The minimum Gasteiger partial charge on any atom is -0.486 e. The van der Waals surface area contributed by atoms with E-state index in [0.29, 0.717) is 34.7 Å². The van der Waals surface area contributed by atoms with Crippen LogP contribution in [0.25, 0.3) is 0 Å². The Kier molecular flexibility index (Phi) is 5.50. The Morgan fingerprint density at radius 3 is 2.34 bits per heavy atom. The Hall–Kier alpha value is -2.17. The quantitative estimate of drug-likeness (QED) is 0.668. The lowest BCUT2D eigenvalue weighted by molar-refractivity contribution is 0.0697. The largest absolute Gasteiger partial charge is 0.486 e. The average molecular weight is 485 g/mol. The fraction of sp³-hybridized carbons (Fsp3) is 0.316. The van der Waals surface area contributed by atoms with Gasteiger partial charge in [-0.05, 0) is 46.3 Å². The summed E-state index contributed by atoms with van der Waals surface area (Å²) in [4.78, 5) is 14.4. The molecule has 2 aliphatic rings. The van der Waals surface area contributed by atoms with Gasteiger partial charge in [0, 0.05) is 36.7 Å². The molecule has 0 atom stereocenters. The molecule has 0 spiro atoms. The lowest BCUT2D eigenvalue weighted by Crippen LogP contribution is -2.50. The lowest BCUT2D eigenvalue weighted by atomic mass is 10.2. The number of sulfonamides is 1. The van der Waals surface area contributed by atoms with Gasteiger partial charge in [-0.15, -0.1) is 0 Å². The van der Waals surface area contributed by atoms with E-state index in [1.54, 1.807) is 11.0 Å². The van der Waals surface area contributed by atoms with Crippen molar-refractivity contribution < 1.29 is 27.1 Å². The van der Waals surface area contributed by atoms with Crippen molar-refractivity contribution in [2.45, 2.75) is 4.90 Å². The van der Waals surface area contributed by atoms with Gasteiger partial charge in [0.25, 0.3) is 5.91 Å². The van der Waals surface area contributed by atoms with E-state index < -0.39 is 15.8 Å². The second-order valence-corrected chi connectivity index (χ2v) is 9.42. The van der Waals surface area contributed by atoms with E-state index in [-0.39, 0.29) is 37.0 Å². The van der Waals surface area contributed by atoms with Crippen molar-refractivity contribution in [3.8, 4) is 11.5 Å². The Balaban J connectivity index is 1.47. The zero-order valence-corrected chi connectivity index (χ0v) is 17.7. The number of amides is 1. The number of carbonyl (C=O) groups is 1. The molecule has 0 saturated carbocycles. The molecule has 0 bridgehead atoms. The number of nitrogens with zero attached hydrogens (tertiary/aromatic N) is 2. The van der Waals surface area contributed by atoms with Gasteiger partial charge in [0.05, 0.1) is 10.5 Å². The highest BCUT2D eigenvalue weighted by molar-refractivity contribution is 9.10. The molecule has 7 nitrogen and oxygen atoms in total. The van der Waals surface area contributed by atoms with Gasteiger partial charge >= 0.3 is 0 Å². The number of piperazine rings is 1. The highest BCUT2D eigenvalue weighted by Crippen LogP contribution is 2.33. The molecule has 2 aromatic rings. The summed E-state index contributed by atoms with van der Waals surface area (Å²) in [6, 6.07) is 8.43. The summed E-state index contributed by atoms with van der Waals surface area (Å²) in [6.45, 7) is 1.62. The molecule has 29 heavy (non-hydrogen) atoms. The zero-order chi connectivity index (χ0) is 20.6. The van der Waals surface area contributed by atoms with E-state index in [1.807, 2.05) is 0 Å². The standard InChI is InChI=1S/C19H18BrFN2O5S/c20-16-11-13(21)1-3-15(16)19(24)22-5-7-23(8-6-22)29(25,26)14-2-4-17-18(12-14)28-10-9-27-17/h1-4,11-12H,5-10H2. The predicted octanol–water partition coefficient (Wildman–Crippen LogP) is 2.51. The fourth-order valence-electron chi connectivity index (χ4n) is 3.30. The van der Waals surface area contributed by atoms with Crippen molar-refractivity contribution in [3.63, 3.8) is 0 Å². The highest BCUT2D eigenvalue weighted by atomic mass is 79.9. The van der Waals surface area contributed by atoms with Gasteiger partial charge < -0.3 is 14.4 Å². The first-order chi connectivity index (χ1) is 13.9. The molecule has 0 radical (unpaired) electrons. The maximum Gasteiger partial charge on any atom is 0.255 e. The molecule has 1 amide bonds. The summed E-state index contributed by atoms with van der Waals surface area (Å²) in [7, 11) is -3.72. The summed E-state index contributed by atoms with van der Waals surface area (Å²) in [5.74, 6) is 0.222. The minimum absolute atomic E-state index is 0.128. The van der Waals surface area contributed by atoms with Crippen LogP contribution in [0.3, 0.4) is 0 Å². The molecular weight excluding hydrogens is 467 g/mol. The van der Waals surface area contributed by atoms with E-state index in [2.05, 4.69) is 15.9 Å². The van der Waals surface area contributed by atoms with Crippen LogP contribution in [0, 0.1) is 5.82 Å². The zero-order valence-electron chi connectivity index (χ0n) is 15.3. The molecule has 0 N–H and O–H groups in total. The minimum atomic E-state index is -3.72. The topological polar surface area (TPSA) is 76.2 Å².